The van der Waals surface area contributed by atoms with Crippen molar-refractivity contribution in [2.45, 2.75) is 18.9 Å². The Hall–Kier alpha value is -3.06. The quantitative estimate of drug-likeness (QED) is 0.476. The molecule has 7 nitrogen and oxygen atoms in total. The maximum absolute atomic E-state index is 11.6. The van der Waals surface area contributed by atoms with Gasteiger partial charge < -0.3 is 10.8 Å². The number of ketones is 1. The number of nitro groups is 1. The average Bonchev–Trinajstić information content (AvgIpc) is 2.54. The van der Waals surface area contributed by atoms with E-state index in [0.717, 1.165) is 6.92 Å². The fourth-order valence-electron chi connectivity index (χ4n) is 2.33. The molecule has 0 fully saturated rings. The van der Waals surface area contributed by atoms with Gasteiger partial charge >= 0.3 is 5.97 Å². The number of aliphatic carboxylic acids is 1. The van der Waals surface area contributed by atoms with Crippen molar-refractivity contribution in [1.82, 2.24) is 0 Å². The first-order chi connectivity index (χ1) is 11.2. The van der Waals surface area contributed by atoms with Crippen LogP contribution in [0.25, 0.3) is 11.1 Å². The first-order valence-corrected chi connectivity index (χ1v) is 7.11. The Morgan fingerprint density at radius 1 is 1.17 bits per heavy atom. The second-order valence-electron chi connectivity index (χ2n) is 5.52. The molecular weight excluding hydrogens is 312 g/mol. The van der Waals surface area contributed by atoms with Crippen molar-refractivity contribution < 1.29 is 19.6 Å². The van der Waals surface area contributed by atoms with Gasteiger partial charge in [0.05, 0.1) is 4.92 Å². The van der Waals surface area contributed by atoms with Gasteiger partial charge in [0.2, 0.25) is 0 Å². The number of nitrogens with zero attached hydrogens (tertiary/aromatic N) is 1. The highest BCUT2D eigenvalue weighted by Crippen LogP contribution is 2.25. The molecule has 2 rings (SSSR count). The Morgan fingerprint density at radius 3 is 2.29 bits per heavy atom. The van der Waals surface area contributed by atoms with Crippen molar-refractivity contribution in [3.63, 3.8) is 0 Å². The van der Waals surface area contributed by atoms with Crippen molar-refractivity contribution in [2.75, 3.05) is 0 Å². The van der Waals surface area contributed by atoms with Crippen molar-refractivity contribution in [2.24, 2.45) is 5.73 Å². The number of rotatable bonds is 6. The van der Waals surface area contributed by atoms with Crippen LogP contribution in [0.1, 0.15) is 12.5 Å². The lowest BCUT2D eigenvalue weighted by Gasteiger charge is -2.21. The van der Waals surface area contributed by atoms with E-state index >= 15 is 0 Å². The van der Waals surface area contributed by atoms with E-state index in [9.17, 15) is 24.8 Å². The summed E-state index contributed by atoms with van der Waals surface area (Å²) < 4.78 is 0. The summed E-state index contributed by atoms with van der Waals surface area (Å²) >= 11 is 0. The summed E-state index contributed by atoms with van der Waals surface area (Å²) in [6.45, 7) is 1.14. The minimum atomic E-state index is -2.00. The second kappa shape index (κ2) is 6.59. The minimum Gasteiger partial charge on any atom is -0.480 e. The van der Waals surface area contributed by atoms with E-state index < -0.39 is 22.2 Å². The number of benzene rings is 2. The summed E-state index contributed by atoms with van der Waals surface area (Å²) in [6.07, 6.45) is -0.166. The number of hydrogen-bond donors (Lipinski definition) is 2. The minimum absolute atomic E-state index is 0.0413. The molecule has 0 aliphatic rings. The first-order valence-electron chi connectivity index (χ1n) is 7.11. The van der Waals surface area contributed by atoms with E-state index in [-0.39, 0.29) is 12.1 Å². The lowest BCUT2D eigenvalue weighted by Crippen LogP contribution is -2.55. The predicted molar refractivity (Wildman–Crippen MR) is 87.5 cm³/mol. The van der Waals surface area contributed by atoms with Gasteiger partial charge in [-0.1, -0.05) is 36.4 Å². The molecule has 24 heavy (non-hydrogen) atoms. The van der Waals surface area contributed by atoms with Crippen LogP contribution in [0.15, 0.2) is 48.5 Å². The molecule has 0 saturated heterocycles. The van der Waals surface area contributed by atoms with Crippen molar-refractivity contribution >= 4 is 17.4 Å². The molecule has 2 aromatic rings. The summed E-state index contributed by atoms with van der Waals surface area (Å²) in [5.41, 5.74) is 5.54. The highest BCUT2D eigenvalue weighted by molar-refractivity contribution is 6.06. The Balaban J connectivity index is 2.39. The molecule has 2 aromatic carbocycles. The normalized spacial score (nSPS) is 13.1. The number of hydrogen-bond acceptors (Lipinski definition) is 5. The van der Waals surface area contributed by atoms with Gasteiger partial charge in [-0.05, 0) is 23.6 Å². The maximum atomic E-state index is 11.6. The van der Waals surface area contributed by atoms with E-state index in [1.165, 1.54) is 12.1 Å². The zero-order valence-electron chi connectivity index (χ0n) is 12.9. The number of carbonyl (C=O) groups excluding carboxylic acids is 1. The zero-order chi connectivity index (χ0) is 17.9. The van der Waals surface area contributed by atoms with E-state index in [2.05, 4.69) is 0 Å². The molecule has 0 spiro atoms. The number of nitrogens with two attached hydrogens (primary N) is 1. The van der Waals surface area contributed by atoms with Gasteiger partial charge in [0, 0.05) is 18.6 Å². The number of nitro benzene ring substituents is 1. The van der Waals surface area contributed by atoms with Crippen LogP contribution >= 0.6 is 0 Å². The molecule has 0 saturated carbocycles. The maximum Gasteiger partial charge on any atom is 0.331 e. The topological polar surface area (TPSA) is 124 Å². The Bertz CT molecular complexity index is 802. The van der Waals surface area contributed by atoms with Crippen LogP contribution in [0.2, 0.25) is 0 Å². The van der Waals surface area contributed by atoms with E-state index in [1.807, 2.05) is 0 Å². The summed E-state index contributed by atoms with van der Waals surface area (Å²) in [7, 11) is 0. The van der Waals surface area contributed by atoms with Gasteiger partial charge in [0.1, 0.15) is 0 Å². The first kappa shape index (κ1) is 17.3. The van der Waals surface area contributed by atoms with Crippen LogP contribution in [-0.4, -0.2) is 27.3 Å². The summed E-state index contributed by atoms with van der Waals surface area (Å²) in [5.74, 6) is -2.04. The number of carbonyl (C=O) groups is 2. The van der Waals surface area contributed by atoms with Crippen LogP contribution in [0.4, 0.5) is 5.69 Å². The van der Waals surface area contributed by atoms with Gasteiger partial charge in [0.25, 0.3) is 5.69 Å². The van der Waals surface area contributed by atoms with Crippen LogP contribution in [-0.2, 0) is 16.0 Å². The molecule has 0 aliphatic heterocycles. The third-order valence-corrected chi connectivity index (χ3v) is 3.81. The third-order valence-electron chi connectivity index (χ3n) is 3.81. The Kier molecular flexibility index (Phi) is 4.75. The molecule has 0 radical (unpaired) electrons. The van der Waals surface area contributed by atoms with E-state index in [1.54, 1.807) is 36.4 Å². The van der Waals surface area contributed by atoms with Gasteiger partial charge in [-0.3, -0.25) is 14.9 Å². The molecule has 0 bridgehead atoms. The SMILES string of the molecule is CC(=O)C(N)(Cc1cccc(-c2cccc([N+](=O)[O-])c2)c1)C(=O)O. The molecule has 3 N–H and O–H groups in total. The summed E-state index contributed by atoms with van der Waals surface area (Å²) in [5, 5.41) is 20.1. The van der Waals surface area contributed by atoms with Crippen LogP contribution in [0.5, 0.6) is 0 Å². The number of Topliss-reactive ketones (excluding diaryl/α,β-unsaturated/α-hetero) is 1. The van der Waals surface area contributed by atoms with Gasteiger partial charge in [-0.15, -0.1) is 0 Å². The average molecular weight is 328 g/mol. The number of carboxylic acids is 1. The lowest BCUT2D eigenvalue weighted by molar-refractivity contribution is -0.384. The van der Waals surface area contributed by atoms with Crippen molar-refractivity contribution in [3.8, 4) is 11.1 Å². The van der Waals surface area contributed by atoms with Gasteiger partial charge in [-0.2, -0.15) is 0 Å². The van der Waals surface area contributed by atoms with Crippen LogP contribution in [0, 0.1) is 10.1 Å². The largest absolute Gasteiger partial charge is 0.480 e. The van der Waals surface area contributed by atoms with Gasteiger partial charge in [0.15, 0.2) is 11.3 Å². The molecule has 1 atom stereocenters. The highest BCUT2D eigenvalue weighted by Gasteiger charge is 2.39. The predicted octanol–water partition coefficient (Wildman–Crippen LogP) is 2.18. The van der Waals surface area contributed by atoms with Crippen LogP contribution < -0.4 is 5.73 Å². The van der Waals surface area contributed by atoms with Crippen molar-refractivity contribution in [3.05, 3.63) is 64.2 Å². The monoisotopic (exact) mass is 328 g/mol. The number of carboxylic acid groups (broad SMARTS) is 1. The molecule has 0 heterocycles. The van der Waals surface area contributed by atoms with E-state index in [0.29, 0.717) is 16.7 Å². The number of non-ortho nitro benzene ring substituents is 1. The molecule has 0 aromatic heterocycles. The fraction of sp³-hybridized carbons (Fsp3) is 0.176. The van der Waals surface area contributed by atoms with Gasteiger partial charge in [-0.25, -0.2) is 4.79 Å². The smallest absolute Gasteiger partial charge is 0.331 e. The second-order valence-corrected chi connectivity index (χ2v) is 5.52. The molecule has 7 heteroatoms. The zero-order valence-corrected chi connectivity index (χ0v) is 12.9. The molecule has 0 aliphatic carbocycles. The molecule has 124 valence electrons. The summed E-state index contributed by atoms with van der Waals surface area (Å²) in [6, 6.07) is 12.9. The standard InChI is InChI=1S/C17H16N2O5/c1-11(20)17(18,16(21)22)10-12-4-2-5-13(8-12)14-6-3-7-15(9-14)19(23)24/h2-9H,10,18H2,1H3,(H,21,22). The Labute approximate surface area is 137 Å². The molecule has 0 amide bonds. The third kappa shape index (κ3) is 3.47. The Morgan fingerprint density at radius 2 is 1.75 bits per heavy atom. The molecular formula is C17H16N2O5. The molecule has 1 unspecified atom stereocenters. The highest BCUT2D eigenvalue weighted by atomic mass is 16.6. The van der Waals surface area contributed by atoms with Crippen molar-refractivity contribution in [1.29, 1.82) is 0 Å². The summed E-state index contributed by atoms with van der Waals surface area (Å²) in [4.78, 5) is 33.3. The van der Waals surface area contributed by atoms with E-state index in [4.69, 9.17) is 5.73 Å². The fourth-order valence-corrected chi connectivity index (χ4v) is 2.33. The lowest BCUT2D eigenvalue weighted by atomic mass is 9.87. The van der Waals surface area contributed by atoms with Crippen LogP contribution in [0.3, 0.4) is 0 Å².